The van der Waals surface area contributed by atoms with Crippen molar-refractivity contribution in [3.8, 4) is 0 Å². The molecular weight excluding hydrogens is 420 g/mol. The highest BCUT2D eigenvalue weighted by atomic mass is 79.9. The number of carbonyl (C=O) groups is 2. The number of aryl methyl sites for hydroxylation is 1. The minimum atomic E-state index is -3.94. The van der Waals surface area contributed by atoms with Crippen LogP contribution in [0.5, 0.6) is 0 Å². The lowest BCUT2D eigenvalue weighted by molar-refractivity contribution is 0.0846. The van der Waals surface area contributed by atoms with Gasteiger partial charge in [0, 0.05) is 21.8 Å². The van der Waals surface area contributed by atoms with Crippen LogP contribution in [-0.2, 0) is 10.0 Å². The monoisotopic (exact) mass is 436 g/mol. The molecule has 8 heteroatoms. The van der Waals surface area contributed by atoms with Gasteiger partial charge in [-0.2, -0.15) is 0 Å². The molecule has 0 unspecified atom stereocenters. The molecule has 0 bridgehead atoms. The van der Waals surface area contributed by atoms with Crippen LogP contribution >= 0.6 is 15.9 Å². The zero-order valence-electron chi connectivity index (χ0n) is 14.4. The van der Waals surface area contributed by atoms with Crippen molar-refractivity contribution < 1.29 is 18.0 Å². The zero-order chi connectivity index (χ0) is 19.2. The second kappa shape index (κ2) is 6.51. The molecule has 6 nitrogen and oxygen atoms in total. The molecule has 1 N–H and O–H groups in total. The summed E-state index contributed by atoms with van der Waals surface area (Å²) in [6.45, 7) is 5.12. The van der Waals surface area contributed by atoms with Gasteiger partial charge in [-0.15, -0.1) is 0 Å². The summed E-state index contributed by atoms with van der Waals surface area (Å²) >= 11 is 3.35. The number of halogens is 1. The van der Waals surface area contributed by atoms with Crippen molar-refractivity contribution in [1.29, 1.82) is 0 Å². The Morgan fingerprint density at radius 2 is 1.85 bits per heavy atom. The van der Waals surface area contributed by atoms with Crippen LogP contribution in [0.15, 0.2) is 45.8 Å². The molecule has 0 saturated carbocycles. The van der Waals surface area contributed by atoms with Crippen molar-refractivity contribution in [1.82, 2.24) is 4.31 Å². The average Bonchev–Trinajstić information content (AvgIpc) is 2.76. The van der Waals surface area contributed by atoms with Gasteiger partial charge in [0.25, 0.3) is 21.8 Å². The van der Waals surface area contributed by atoms with Gasteiger partial charge >= 0.3 is 0 Å². The van der Waals surface area contributed by atoms with E-state index in [1.807, 2.05) is 19.1 Å². The minimum absolute atomic E-state index is 0.0916. The highest BCUT2D eigenvalue weighted by Crippen LogP contribution is 2.33. The number of rotatable bonds is 3. The maximum Gasteiger partial charge on any atom is 0.269 e. The number of benzene rings is 2. The third-order valence-electron chi connectivity index (χ3n) is 4.13. The Morgan fingerprint density at radius 3 is 2.50 bits per heavy atom. The van der Waals surface area contributed by atoms with Crippen LogP contribution in [0, 0.1) is 6.92 Å². The predicted molar refractivity (Wildman–Crippen MR) is 102 cm³/mol. The molecule has 0 saturated heterocycles. The molecule has 0 aliphatic carbocycles. The highest BCUT2D eigenvalue weighted by molar-refractivity contribution is 9.10. The van der Waals surface area contributed by atoms with Gasteiger partial charge in [0.1, 0.15) is 4.90 Å². The first-order valence-corrected chi connectivity index (χ1v) is 10.2. The normalized spacial score (nSPS) is 15.3. The lowest BCUT2D eigenvalue weighted by atomic mass is 10.1. The largest absolute Gasteiger partial charge is 0.322 e. The van der Waals surface area contributed by atoms with E-state index in [1.165, 1.54) is 18.2 Å². The van der Waals surface area contributed by atoms with Crippen LogP contribution in [-0.4, -0.2) is 30.6 Å². The quantitative estimate of drug-likeness (QED) is 0.796. The van der Waals surface area contributed by atoms with E-state index in [-0.39, 0.29) is 16.0 Å². The van der Waals surface area contributed by atoms with E-state index >= 15 is 0 Å². The van der Waals surface area contributed by atoms with E-state index in [0.29, 0.717) is 5.69 Å². The summed E-state index contributed by atoms with van der Waals surface area (Å²) < 4.78 is 26.9. The Kier molecular flexibility index (Phi) is 4.66. The van der Waals surface area contributed by atoms with Crippen molar-refractivity contribution in [3.05, 3.63) is 57.6 Å². The van der Waals surface area contributed by atoms with E-state index in [2.05, 4.69) is 21.2 Å². The number of hydrogen-bond acceptors (Lipinski definition) is 4. The van der Waals surface area contributed by atoms with Gasteiger partial charge in [-0.1, -0.05) is 22.0 Å². The van der Waals surface area contributed by atoms with Crippen molar-refractivity contribution >= 4 is 43.5 Å². The molecule has 1 aliphatic heterocycles. The Bertz CT molecular complexity index is 1030. The van der Waals surface area contributed by atoms with Gasteiger partial charge in [0.05, 0.1) is 5.56 Å². The van der Waals surface area contributed by atoms with Crippen LogP contribution in [0.2, 0.25) is 0 Å². The van der Waals surface area contributed by atoms with E-state index < -0.39 is 27.9 Å². The van der Waals surface area contributed by atoms with Gasteiger partial charge < -0.3 is 5.32 Å². The molecule has 136 valence electrons. The number of carbonyl (C=O) groups excluding carboxylic acids is 2. The van der Waals surface area contributed by atoms with Crippen molar-refractivity contribution in [3.63, 3.8) is 0 Å². The highest BCUT2D eigenvalue weighted by Gasteiger charge is 2.42. The number of sulfonamides is 1. The summed E-state index contributed by atoms with van der Waals surface area (Å²) in [4.78, 5) is 24.8. The molecule has 2 amide bonds. The number of nitrogens with one attached hydrogen (secondary N) is 1. The summed E-state index contributed by atoms with van der Waals surface area (Å²) in [5.74, 6) is -1.01. The topological polar surface area (TPSA) is 83.6 Å². The number of anilines is 1. The third-order valence-corrected chi connectivity index (χ3v) is 6.62. The molecule has 2 aromatic carbocycles. The maximum atomic E-state index is 12.6. The number of nitrogens with zero attached hydrogens (tertiary/aromatic N) is 1. The van der Waals surface area contributed by atoms with E-state index in [4.69, 9.17) is 0 Å². The fourth-order valence-corrected chi connectivity index (χ4v) is 4.98. The van der Waals surface area contributed by atoms with E-state index in [1.54, 1.807) is 19.9 Å². The summed E-state index contributed by atoms with van der Waals surface area (Å²) in [6, 6.07) is 9.08. The molecule has 1 heterocycles. The summed E-state index contributed by atoms with van der Waals surface area (Å²) in [5, 5.41) is 2.77. The maximum absolute atomic E-state index is 12.6. The third kappa shape index (κ3) is 3.03. The molecule has 0 atom stereocenters. The number of hydrogen-bond donors (Lipinski definition) is 1. The van der Waals surface area contributed by atoms with Crippen LogP contribution in [0.3, 0.4) is 0 Å². The van der Waals surface area contributed by atoms with E-state index in [9.17, 15) is 18.0 Å². The van der Waals surface area contributed by atoms with Gasteiger partial charge in [-0.3, -0.25) is 9.59 Å². The van der Waals surface area contributed by atoms with Crippen molar-refractivity contribution in [2.24, 2.45) is 0 Å². The molecule has 0 aromatic heterocycles. The lowest BCUT2D eigenvalue weighted by Crippen LogP contribution is -2.36. The van der Waals surface area contributed by atoms with Crippen LogP contribution in [0.25, 0.3) is 0 Å². The first kappa shape index (κ1) is 18.6. The molecule has 0 fully saturated rings. The fourth-order valence-electron chi connectivity index (χ4n) is 2.82. The molecule has 3 rings (SSSR count). The van der Waals surface area contributed by atoms with Crippen LogP contribution < -0.4 is 5.32 Å². The number of fused-ring (bicyclic) bond motifs is 1. The predicted octanol–water partition coefficient (Wildman–Crippen LogP) is 3.56. The van der Waals surface area contributed by atoms with Gasteiger partial charge in [-0.05, 0) is 56.7 Å². The Balaban J connectivity index is 1.98. The molecule has 2 aromatic rings. The van der Waals surface area contributed by atoms with Crippen LogP contribution in [0.1, 0.15) is 40.1 Å². The molecule has 0 spiro atoms. The van der Waals surface area contributed by atoms with E-state index in [0.717, 1.165) is 14.3 Å². The minimum Gasteiger partial charge on any atom is -0.322 e. The van der Waals surface area contributed by atoms with Gasteiger partial charge in [-0.25, -0.2) is 12.7 Å². The lowest BCUT2D eigenvalue weighted by Gasteiger charge is -2.18. The number of amides is 2. The Morgan fingerprint density at radius 1 is 1.15 bits per heavy atom. The second-order valence-electron chi connectivity index (χ2n) is 6.32. The summed E-state index contributed by atoms with van der Waals surface area (Å²) in [5.41, 5.74) is 1.75. The van der Waals surface area contributed by atoms with Crippen molar-refractivity contribution in [2.75, 3.05) is 5.32 Å². The molecule has 1 aliphatic rings. The van der Waals surface area contributed by atoms with Crippen molar-refractivity contribution in [2.45, 2.75) is 31.7 Å². The first-order valence-electron chi connectivity index (χ1n) is 7.93. The molecular formula is C18H17BrN2O4S. The molecule has 26 heavy (non-hydrogen) atoms. The smallest absolute Gasteiger partial charge is 0.269 e. The first-order chi connectivity index (χ1) is 12.1. The van der Waals surface area contributed by atoms with Crippen LogP contribution in [0.4, 0.5) is 5.69 Å². The van der Waals surface area contributed by atoms with Gasteiger partial charge in [0.15, 0.2) is 0 Å². The standard InChI is InChI=1S/C18H17BrN2O4S/c1-10(2)21-18(23)14-7-5-12(8-16(14)26(21,24)25)17(22)20-15-9-13(19)6-4-11(15)3/h4-10H,1-3H3,(H,20,22). The second-order valence-corrected chi connectivity index (χ2v) is 9.02. The SMILES string of the molecule is Cc1ccc(Br)cc1NC(=O)c1ccc2c(c1)S(=O)(=O)N(C(C)C)C2=O. The molecule has 0 radical (unpaired) electrons. The Labute approximate surface area is 160 Å². The average molecular weight is 437 g/mol. The van der Waals surface area contributed by atoms with Gasteiger partial charge in [0.2, 0.25) is 0 Å². The Hall–Kier alpha value is -2.19. The summed E-state index contributed by atoms with van der Waals surface area (Å²) in [7, 11) is -3.94. The zero-order valence-corrected chi connectivity index (χ0v) is 16.8. The fraction of sp³-hybridized carbons (Fsp3) is 0.222. The summed E-state index contributed by atoms with van der Waals surface area (Å²) in [6.07, 6.45) is 0.